The maximum Gasteiger partial charge on any atom is 0.240 e. The van der Waals surface area contributed by atoms with E-state index >= 15 is 0 Å². The second-order valence-electron chi connectivity index (χ2n) is 6.00. The monoisotopic (exact) mass is 357 g/mol. The zero-order valence-electron chi connectivity index (χ0n) is 13.8. The van der Waals surface area contributed by atoms with Crippen molar-refractivity contribution >= 4 is 22.7 Å². The standard InChI is InChI=1S/C19H17F2N3O2/c20-13-6-5-11(15(21)9-13)8-18(25)24-17(19(22)26)7-12-10-23-16-4-2-1-3-14(12)16/h1-6,9-10,17,23H,7-8H2,(H2,22,26)(H,24,25)/t17-/m0/s1. The molecule has 4 N–H and O–H groups in total. The van der Waals surface area contributed by atoms with E-state index in [9.17, 15) is 18.4 Å². The summed E-state index contributed by atoms with van der Waals surface area (Å²) < 4.78 is 26.6. The lowest BCUT2D eigenvalue weighted by Gasteiger charge is -2.15. The maximum absolute atomic E-state index is 13.7. The SMILES string of the molecule is NC(=O)[C@H](Cc1c[nH]c2ccccc12)NC(=O)Cc1ccc(F)cc1F. The Bertz CT molecular complexity index is 968. The molecule has 0 aliphatic rings. The molecule has 2 amide bonds. The lowest BCUT2D eigenvalue weighted by atomic mass is 10.0. The summed E-state index contributed by atoms with van der Waals surface area (Å²) >= 11 is 0. The number of benzene rings is 2. The van der Waals surface area contributed by atoms with Crippen molar-refractivity contribution in [2.75, 3.05) is 0 Å². The Morgan fingerprint density at radius 2 is 1.88 bits per heavy atom. The first-order chi connectivity index (χ1) is 12.4. The average molecular weight is 357 g/mol. The third-order valence-corrected chi connectivity index (χ3v) is 4.14. The van der Waals surface area contributed by atoms with Crippen LogP contribution in [0.25, 0.3) is 10.9 Å². The molecule has 0 unspecified atom stereocenters. The van der Waals surface area contributed by atoms with Crippen LogP contribution >= 0.6 is 0 Å². The molecule has 0 fully saturated rings. The van der Waals surface area contributed by atoms with Gasteiger partial charge in [0, 0.05) is 29.6 Å². The fourth-order valence-corrected chi connectivity index (χ4v) is 2.83. The van der Waals surface area contributed by atoms with Crippen LogP contribution in [-0.2, 0) is 22.4 Å². The van der Waals surface area contributed by atoms with Crippen molar-refractivity contribution in [2.45, 2.75) is 18.9 Å². The van der Waals surface area contributed by atoms with Gasteiger partial charge in [0.05, 0.1) is 6.42 Å². The Labute approximate surface area is 148 Å². The van der Waals surface area contributed by atoms with Crippen molar-refractivity contribution < 1.29 is 18.4 Å². The highest BCUT2D eigenvalue weighted by Gasteiger charge is 2.21. The minimum atomic E-state index is -0.940. The summed E-state index contributed by atoms with van der Waals surface area (Å²) in [5.41, 5.74) is 7.18. The number of para-hydroxylation sites is 1. The number of carbonyl (C=O) groups is 2. The summed E-state index contributed by atoms with van der Waals surface area (Å²) in [5, 5.41) is 3.45. The largest absolute Gasteiger partial charge is 0.368 e. The van der Waals surface area contributed by atoms with Crippen LogP contribution in [-0.4, -0.2) is 22.8 Å². The fourth-order valence-electron chi connectivity index (χ4n) is 2.83. The third-order valence-electron chi connectivity index (χ3n) is 4.14. The van der Waals surface area contributed by atoms with E-state index in [1.54, 1.807) is 6.20 Å². The Hall–Kier alpha value is -3.22. The van der Waals surface area contributed by atoms with Gasteiger partial charge in [0.15, 0.2) is 0 Å². The molecule has 0 aliphatic carbocycles. The molecule has 0 saturated heterocycles. The number of nitrogens with one attached hydrogen (secondary N) is 2. The molecule has 5 nitrogen and oxygen atoms in total. The van der Waals surface area contributed by atoms with E-state index in [0.717, 1.165) is 22.5 Å². The second kappa shape index (κ2) is 7.35. The van der Waals surface area contributed by atoms with Crippen LogP contribution in [0.15, 0.2) is 48.7 Å². The first kappa shape index (κ1) is 17.6. The predicted octanol–water partition coefficient (Wildman–Crippen LogP) is 2.20. The van der Waals surface area contributed by atoms with Crippen molar-refractivity contribution in [3.63, 3.8) is 0 Å². The maximum atomic E-state index is 13.7. The molecule has 3 aromatic rings. The Kier molecular flexibility index (Phi) is 4.97. The smallest absolute Gasteiger partial charge is 0.240 e. The van der Waals surface area contributed by atoms with Crippen LogP contribution in [0.4, 0.5) is 8.78 Å². The van der Waals surface area contributed by atoms with E-state index in [1.165, 1.54) is 6.07 Å². The van der Waals surface area contributed by atoms with Gasteiger partial charge in [-0.2, -0.15) is 0 Å². The van der Waals surface area contributed by atoms with Crippen molar-refractivity contribution in [1.29, 1.82) is 0 Å². The van der Waals surface area contributed by atoms with Crippen LogP contribution in [0.1, 0.15) is 11.1 Å². The number of hydrogen-bond acceptors (Lipinski definition) is 2. The van der Waals surface area contributed by atoms with Crippen molar-refractivity contribution in [2.24, 2.45) is 5.73 Å². The van der Waals surface area contributed by atoms with Crippen molar-refractivity contribution in [3.05, 3.63) is 71.4 Å². The number of hydrogen-bond donors (Lipinski definition) is 3. The van der Waals surface area contributed by atoms with Gasteiger partial charge in [-0.3, -0.25) is 9.59 Å². The number of H-pyrrole nitrogens is 1. The number of amides is 2. The molecule has 0 aliphatic heterocycles. The number of fused-ring (bicyclic) bond motifs is 1. The van der Waals surface area contributed by atoms with Gasteiger partial charge in [-0.1, -0.05) is 24.3 Å². The summed E-state index contributed by atoms with van der Waals surface area (Å²) in [6.45, 7) is 0. The molecule has 0 saturated carbocycles. The topological polar surface area (TPSA) is 88.0 Å². The quantitative estimate of drug-likeness (QED) is 0.631. The molecule has 7 heteroatoms. The molecule has 0 radical (unpaired) electrons. The molecule has 3 rings (SSSR count). The molecule has 0 spiro atoms. The van der Waals surface area contributed by atoms with Gasteiger partial charge in [-0.15, -0.1) is 0 Å². The lowest BCUT2D eigenvalue weighted by Crippen LogP contribution is -2.46. The number of rotatable bonds is 6. The highest BCUT2D eigenvalue weighted by molar-refractivity contribution is 5.89. The molecular weight excluding hydrogens is 340 g/mol. The van der Waals surface area contributed by atoms with Gasteiger partial charge in [0.1, 0.15) is 17.7 Å². The Balaban J connectivity index is 1.72. The molecule has 1 aromatic heterocycles. The number of nitrogens with two attached hydrogens (primary N) is 1. The minimum Gasteiger partial charge on any atom is -0.368 e. The van der Waals surface area contributed by atoms with Crippen molar-refractivity contribution in [3.8, 4) is 0 Å². The number of primary amides is 1. The van der Waals surface area contributed by atoms with E-state index < -0.39 is 29.5 Å². The van der Waals surface area contributed by atoms with E-state index in [2.05, 4.69) is 10.3 Å². The highest BCUT2D eigenvalue weighted by atomic mass is 19.1. The summed E-state index contributed by atoms with van der Waals surface area (Å²) in [6, 6.07) is 9.59. The van der Waals surface area contributed by atoms with Gasteiger partial charge in [0.2, 0.25) is 11.8 Å². The molecule has 134 valence electrons. The Morgan fingerprint density at radius 1 is 1.12 bits per heavy atom. The summed E-state index contributed by atoms with van der Waals surface area (Å²) in [6.07, 6.45) is 1.65. The summed E-state index contributed by atoms with van der Waals surface area (Å²) in [5.74, 6) is -2.80. The fraction of sp³-hybridized carbons (Fsp3) is 0.158. The first-order valence-electron chi connectivity index (χ1n) is 8.01. The highest BCUT2D eigenvalue weighted by Crippen LogP contribution is 2.19. The van der Waals surface area contributed by atoms with Crippen molar-refractivity contribution in [1.82, 2.24) is 10.3 Å². The van der Waals surface area contributed by atoms with Gasteiger partial charge < -0.3 is 16.0 Å². The van der Waals surface area contributed by atoms with E-state index in [-0.39, 0.29) is 18.4 Å². The molecule has 26 heavy (non-hydrogen) atoms. The second-order valence-corrected chi connectivity index (χ2v) is 6.00. The van der Waals surface area contributed by atoms with Crippen LogP contribution < -0.4 is 11.1 Å². The molecule has 1 heterocycles. The van der Waals surface area contributed by atoms with Crippen LogP contribution in [0.2, 0.25) is 0 Å². The van der Waals surface area contributed by atoms with Gasteiger partial charge in [-0.25, -0.2) is 8.78 Å². The number of carbonyl (C=O) groups excluding carboxylic acids is 2. The third kappa shape index (κ3) is 3.88. The normalized spacial score (nSPS) is 12.1. The molecule has 1 atom stereocenters. The first-order valence-corrected chi connectivity index (χ1v) is 8.01. The lowest BCUT2D eigenvalue weighted by molar-refractivity contribution is -0.127. The van der Waals surface area contributed by atoms with Gasteiger partial charge in [0.25, 0.3) is 0 Å². The summed E-state index contributed by atoms with van der Waals surface area (Å²) in [4.78, 5) is 27.0. The van der Waals surface area contributed by atoms with E-state index in [1.807, 2.05) is 24.3 Å². The average Bonchev–Trinajstić information content (AvgIpc) is 3.00. The van der Waals surface area contributed by atoms with Gasteiger partial charge in [-0.05, 0) is 23.3 Å². The van der Waals surface area contributed by atoms with Crippen LogP contribution in [0, 0.1) is 11.6 Å². The zero-order valence-corrected chi connectivity index (χ0v) is 13.8. The molecular formula is C19H17F2N3O2. The molecule has 0 bridgehead atoms. The molecule has 2 aromatic carbocycles. The number of halogens is 2. The van der Waals surface area contributed by atoms with Crippen LogP contribution in [0.3, 0.4) is 0 Å². The Morgan fingerprint density at radius 3 is 2.62 bits per heavy atom. The number of aromatic nitrogens is 1. The summed E-state index contributed by atoms with van der Waals surface area (Å²) in [7, 11) is 0. The van der Waals surface area contributed by atoms with E-state index in [0.29, 0.717) is 6.07 Å². The van der Waals surface area contributed by atoms with E-state index in [4.69, 9.17) is 5.73 Å². The van der Waals surface area contributed by atoms with Gasteiger partial charge >= 0.3 is 0 Å². The number of aromatic amines is 1. The minimum absolute atomic E-state index is 0.0409. The predicted molar refractivity (Wildman–Crippen MR) is 93.2 cm³/mol. The zero-order chi connectivity index (χ0) is 18.7. The van der Waals surface area contributed by atoms with Crippen LogP contribution in [0.5, 0.6) is 0 Å².